The number of para-hydroxylation sites is 1. The molecule has 1 saturated heterocycles. The summed E-state index contributed by atoms with van der Waals surface area (Å²) in [7, 11) is 0. The van der Waals surface area contributed by atoms with Crippen LogP contribution in [0.25, 0.3) is 10.9 Å². The molecule has 1 aliphatic heterocycles. The molecular weight excluding hydrogens is 270 g/mol. The fraction of sp³-hybridized carbons (Fsp3) is 0.438. The quantitative estimate of drug-likeness (QED) is 0.793. The van der Waals surface area contributed by atoms with Gasteiger partial charge in [0.25, 0.3) is 0 Å². The summed E-state index contributed by atoms with van der Waals surface area (Å²) in [5, 5.41) is 0.867. The number of benzene rings is 1. The summed E-state index contributed by atoms with van der Waals surface area (Å²) >= 11 is 0. The van der Waals surface area contributed by atoms with E-state index in [0.717, 1.165) is 10.9 Å². The Morgan fingerprint density at radius 3 is 2.57 bits per heavy atom. The zero-order chi connectivity index (χ0) is 15.2. The van der Waals surface area contributed by atoms with Crippen molar-refractivity contribution < 1.29 is 19.0 Å². The molecule has 2 unspecified atom stereocenters. The van der Waals surface area contributed by atoms with Crippen LogP contribution in [0, 0.1) is 0 Å². The third kappa shape index (κ3) is 2.88. The van der Waals surface area contributed by atoms with E-state index in [1.54, 1.807) is 6.20 Å². The first kappa shape index (κ1) is 13.9. The maximum atomic E-state index is 12.3. The molecule has 0 aliphatic carbocycles. The Bertz CT molecular complexity index is 683. The van der Waals surface area contributed by atoms with Crippen molar-refractivity contribution in [3.8, 4) is 5.75 Å². The number of fused-ring (bicyclic) bond motifs is 1. The lowest BCUT2D eigenvalue weighted by Gasteiger charge is -2.19. The molecule has 5 nitrogen and oxygen atoms in total. The van der Waals surface area contributed by atoms with Crippen molar-refractivity contribution in [1.82, 2.24) is 4.57 Å². The van der Waals surface area contributed by atoms with Gasteiger partial charge in [0.1, 0.15) is 17.5 Å². The van der Waals surface area contributed by atoms with Crippen LogP contribution in [0.1, 0.15) is 27.7 Å². The molecule has 2 aromatic rings. The summed E-state index contributed by atoms with van der Waals surface area (Å²) in [6, 6.07) is 7.57. The van der Waals surface area contributed by atoms with Gasteiger partial charge in [0, 0.05) is 5.39 Å². The number of carbonyl (C=O) groups is 1. The van der Waals surface area contributed by atoms with Crippen molar-refractivity contribution in [1.29, 1.82) is 0 Å². The van der Waals surface area contributed by atoms with Gasteiger partial charge in [0.2, 0.25) is 6.29 Å². The van der Waals surface area contributed by atoms with Crippen LogP contribution < -0.4 is 4.74 Å². The summed E-state index contributed by atoms with van der Waals surface area (Å²) in [6.45, 7) is 7.47. The van der Waals surface area contributed by atoms with Crippen molar-refractivity contribution in [2.24, 2.45) is 0 Å². The maximum absolute atomic E-state index is 12.3. The standard InChI is InChI=1S/C16H19NO4/c1-10-14(19-10)20-13-9-17(15(18)21-16(2,3)4)12-8-6-5-7-11(12)13/h5-10,14H,1-4H3. The van der Waals surface area contributed by atoms with Gasteiger partial charge in [0.15, 0.2) is 0 Å². The van der Waals surface area contributed by atoms with Gasteiger partial charge in [-0.3, -0.25) is 0 Å². The number of ether oxygens (including phenoxy) is 3. The van der Waals surface area contributed by atoms with Crippen molar-refractivity contribution in [2.45, 2.75) is 45.7 Å². The Balaban J connectivity index is 1.96. The van der Waals surface area contributed by atoms with Gasteiger partial charge >= 0.3 is 6.09 Å². The van der Waals surface area contributed by atoms with E-state index in [9.17, 15) is 4.79 Å². The van der Waals surface area contributed by atoms with Crippen LogP contribution in [0.2, 0.25) is 0 Å². The molecule has 0 saturated carbocycles. The molecule has 5 heteroatoms. The largest absolute Gasteiger partial charge is 0.460 e. The van der Waals surface area contributed by atoms with E-state index >= 15 is 0 Å². The van der Waals surface area contributed by atoms with Crippen LogP contribution >= 0.6 is 0 Å². The third-order valence-corrected chi connectivity index (χ3v) is 3.16. The molecule has 1 aromatic carbocycles. The minimum absolute atomic E-state index is 0.0913. The van der Waals surface area contributed by atoms with Gasteiger partial charge < -0.3 is 14.2 Å². The normalized spacial score (nSPS) is 21.3. The molecule has 0 N–H and O–H groups in total. The molecule has 3 rings (SSSR count). The molecule has 1 aromatic heterocycles. The highest BCUT2D eigenvalue weighted by atomic mass is 16.8. The van der Waals surface area contributed by atoms with E-state index in [2.05, 4.69) is 0 Å². The van der Waals surface area contributed by atoms with E-state index in [0.29, 0.717) is 5.75 Å². The number of hydrogen-bond acceptors (Lipinski definition) is 4. The van der Waals surface area contributed by atoms with Crippen LogP contribution in [0.15, 0.2) is 30.5 Å². The monoisotopic (exact) mass is 289 g/mol. The third-order valence-electron chi connectivity index (χ3n) is 3.16. The number of hydrogen-bond donors (Lipinski definition) is 0. The average molecular weight is 289 g/mol. The molecule has 0 radical (unpaired) electrons. The van der Waals surface area contributed by atoms with Gasteiger partial charge in [-0.25, -0.2) is 9.36 Å². The highest BCUT2D eigenvalue weighted by Crippen LogP contribution is 2.33. The first-order valence-corrected chi connectivity index (χ1v) is 7.01. The van der Waals surface area contributed by atoms with Crippen LogP contribution in [-0.4, -0.2) is 28.7 Å². The number of carbonyl (C=O) groups excluding carboxylic acids is 1. The smallest absolute Gasteiger partial charge is 0.419 e. The molecule has 1 fully saturated rings. The van der Waals surface area contributed by atoms with E-state index in [4.69, 9.17) is 14.2 Å². The Morgan fingerprint density at radius 2 is 1.95 bits per heavy atom. The highest BCUT2D eigenvalue weighted by Gasteiger charge is 2.37. The van der Waals surface area contributed by atoms with Crippen LogP contribution in [0.5, 0.6) is 5.75 Å². The topological polar surface area (TPSA) is 53.0 Å². The lowest BCUT2D eigenvalue weighted by molar-refractivity contribution is 0.0543. The average Bonchev–Trinajstić information content (AvgIpc) is 2.95. The molecule has 2 atom stereocenters. The molecule has 1 aliphatic rings. The van der Waals surface area contributed by atoms with Crippen LogP contribution in [0.4, 0.5) is 4.79 Å². The minimum atomic E-state index is -0.544. The Morgan fingerprint density at radius 1 is 1.29 bits per heavy atom. The Hall–Kier alpha value is -2.01. The zero-order valence-electron chi connectivity index (χ0n) is 12.6. The van der Waals surface area contributed by atoms with Crippen molar-refractivity contribution in [3.05, 3.63) is 30.5 Å². The molecule has 0 bridgehead atoms. The number of nitrogens with zero attached hydrogens (tertiary/aromatic N) is 1. The maximum Gasteiger partial charge on any atom is 0.419 e. The van der Waals surface area contributed by atoms with Gasteiger partial charge in [-0.2, -0.15) is 0 Å². The first-order chi connectivity index (χ1) is 9.85. The number of aromatic nitrogens is 1. The molecule has 112 valence electrons. The molecule has 2 heterocycles. The summed E-state index contributed by atoms with van der Waals surface area (Å²) in [4.78, 5) is 12.3. The molecular formula is C16H19NO4. The SMILES string of the molecule is CC1OC1Oc1cn(C(=O)OC(C)(C)C)c2ccccc12. The fourth-order valence-corrected chi connectivity index (χ4v) is 2.12. The van der Waals surface area contributed by atoms with E-state index in [1.165, 1.54) is 4.57 Å². The second-order valence-electron chi connectivity index (χ2n) is 6.19. The summed E-state index contributed by atoms with van der Waals surface area (Å²) < 4.78 is 17.9. The van der Waals surface area contributed by atoms with Crippen LogP contribution in [-0.2, 0) is 9.47 Å². The summed E-state index contributed by atoms with van der Waals surface area (Å²) in [5.41, 5.74) is 0.215. The molecule has 21 heavy (non-hydrogen) atoms. The van der Waals surface area contributed by atoms with Gasteiger partial charge in [-0.15, -0.1) is 0 Å². The fourth-order valence-electron chi connectivity index (χ4n) is 2.12. The number of rotatable bonds is 2. The van der Waals surface area contributed by atoms with Gasteiger partial charge in [0.05, 0.1) is 11.7 Å². The number of epoxide rings is 1. The lowest BCUT2D eigenvalue weighted by atomic mass is 10.2. The first-order valence-electron chi connectivity index (χ1n) is 7.01. The predicted molar refractivity (Wildman–Crippen MR) is 78.5 cm³/mol. The predicted octanol–water partition coefficient (Wildman–Crippen LogP) is 3.55. The zero-order valence-corrected chi connectivity index (χ0v) is 12.6. The summed E-state index contributed by atoms with van der Waals surface area (Å²) in [5.74, 6) is 0.630. The van der Waals surface area contributed by atoms with E-state index in [-0.39, 0.29) is 12.4 Å². The lowest BCUT2D eigenvalue weighted by Crippen LogP contribution is -2.26. The van der Waals surface area contributed by atoms with Gasteiger partial charge in [-0.1, -0.05) is 12.1 Å². The van der Waals surface area contributed by atoms with Crippen molar-refractivity contribution in [2.75, 3.05) is 0 Å². The second-order valence-corrected chi connectivity index (χ2v) is 6.19. The van der Waals surface area contributed by atoms with E-state index in [1.807, 2.05) is 52.0 Å². The molecule has 0 spiro atoms. The Labute approximate surface area is 123 Å². The Kier molecular flexibility index (Phi) is 3.17. The molecule has 0 amide bonds. The van der Waals surface area contributed by atoms with Crippen molar-refractivity contribution in [3.63, 3.8) is 0 Å². The van der Waals surface area contributed by atoms with Crippen LogP contribution in [0.3, 0.4) is 0 Å². The second kappa shape index (κ2) is 4.77. The highest BCUT2D eigenvalue weighted by molar-refractivity contribution is 5.94. The minimum Gasteiger partial charge on any atom is -0.460 e. The van der Waals surface area contributed by atoms with E-state index < -0.39 is 11.7 Å². The summed E-state index contributed by atoms with van der Waals surface area (Å²) in [6.07, 6.45) is 1.10. The van der Waals surface area contributed by atoms with Gasteiger partial charge in [-0.05, 0) is 39.8 Å². The van der Waals surface area contributed by atoms with Crippen molar-refractivity contribution >= 4 is 17.0 Å².